The summed E-state index contributed by atoms with van der Waals surface area (Å²) in [7, 11) is 0. The lowest BCUT2D eigenvalue weighted by atomic mass is 9.86. The Labute approximate surface area is 118 Å². The second-order valence-corrected chi connectivity index (χ2v) is 6.00. The van der Waals surface area contributed by atoms with E-state index in [4.69, 9.17) is 0 Å². The van der Waals surface area contributed by atoms with Crippen LogP contribution in [0.3, 0.4) is 0 Å². The molecule has 0 bridgehead atoms. The summed E-state index contributed by atoms with van der Waals surface area (Å²) < 4.78 is 3.47. The summed E-state index contributed by atoms with van der Waals surface area (Å²) in [5.74, 6) is 0. The molecule has 3 rings (SSSR count). The number of aryl methyl sites for hydroxylation is 1. The van der Waals surface area contributed by atoms with E-state index >= 15 is 0 Å². The first kappa shape index (κ1) is 12.5. The first-order valence-corrected chi connectivity index (χ1v) is 7.24. The zero-order valence-electron chi connectivity index (χ0n) is 11.2. The fourth-order valence-corrected chi connectivity index (χ4v) is 3.56. The summed E-state index contributed by atoms with van der Waals surface area (Å²) in [6.45, 7) is 8.28. The molecule has 2 aromatic rings. The number of hydrogen-bond donors (Lipinski definition) is 1. The van der Waals surface area contributed by atoms with E-state index in [1.165, 1.54) is 27.1 Å². The first-order valence-electron chi connectivity index (χ1n) is 6.42. The summed E-state index contributed by atoms with van der Waals surface area (Å²) in [4.78, 5) is 1.29. The van der Waals surface area contributed by atoms with E-state index in [9.17, 15) is 0 Å². The molecule has 96 valence electrons. The third-order valence-electron chi connectivity index (χ3n) is 3.69. The zero-order valence-corrected chi connectivity index (χ0v) is 12.1. The molecule has 1 atom stereocenters. The standard InChI is InChI=1S/C17H17NS/c1-4-17(3)16-14(6-5-7-15(16)19-18-17)13-10-8-12(2)9-11-13/h4-11,18H,1H2,2-3H3. The monoisotopic (exact) mass is 267 g/mol. The second-order valence-electron chi connectivity index (χ2n) is 5.16. The third kappa shape index (κ3) is 2.01. The average Bonchev–Trinajstić information content (AvgIpc) is 2.79. The van der Waals surface area contributed by atoms with E-state index in [0.29, 0.717) is 0 Å². The number of fused-ring (bicyclic) bond motifs is 1. The predicted octanol–water partition coefficient (Wildman–Crippen LogP) is 4.67. The van der Waals surface area contributed by atoms with Crippen LogP contribution in [0.1, 0.15) is 18.1 Å². The average molecular weight is 267 g/mol. The maximum Gasteiger partial charge on any atom is 0.0704 e. The Hall–Kier alpha value is -1.51. The molecule has 2 aromatic carbocycles. The Morgan fingerprint density at radius 1 is 1.16 bits per heavy atom. The van der Waals surface area contributed by atoms with E-state index < -0.39 is 0 Å². The van der Waals surface area contributed by atoms with Gasteiger partial charge in [0.1, 0.15) is 0 Å². The summed E-state index contributed by atoms with van der Waals surface area (Å²) in [6, 6.07) is 15.2. The van der Waals surface area contributed by atoms with Gasteiger partial charge in [-0.1, -0.05) is 48.0 Å². The lowest BCUT2D eigenvalue weighted by Crippen LogP contribution is -2.28. The second kappa shape index (κ2) is 4.55. The van der Waals surface area contributed by atoms with E-state index in [0.717, 1.165) is 0 Å². The maximum atomic E-state index is 3.99. The molecular formula is C17H17NS. The SMILES string of the molecule is C=CC1(C)NSc2cccc(-c3ccc(C)cc3)c21. The van der Waals surface area contributed by atoms with E-state index in [-0.39, 0.29) is 5.54 Å². The van der Waals surface area contributed by atoms with Gasteiger partial charge in [-0.15, -0.1) is 6.58 Å². The molecule has 19 heavy (non-hydrogen) atoms. The highest BCUT2D eigenvalue weighted by molar-refractivity contribution is 7.97. The highest BCUT2D eigenvalue weighted by atomic mass is 32.2. The van der Waals surface area contributed by atoms with Crippen molar-refractivity contribution in [2.75, 3.05) is 0 Å². The zero-order chi connectivity index (χ0) is 13.5. The molecule has 1 unspecified atom stereocenters. The number of rotatable bonds is 2. The van der Waals surface area contributed by atoms with Crippen molar-refractivity contribution in [3.63, 3.8) is 0 Å². The van der Waals surface area contributed by atoms with Crippen LogP contribution in [0.15, 0.2) is 60.0 Å². The van der Waals surface area contributed by atoms with Crippen molar-refractivity contribution in [1.82, 2.24) is 4.72 Å². The van der Waals surface area contributed by atoms with Gasteiger partial charge < -0.3 is 0 Å². The van der Waals surface area contributed by atoms with Crippen molar-refractivity contribution in [2.45, 2.75) is 24.3 Å². The predicted molar refractivity (Wildman–Crippen MR) is 83.2 cm³/mol. The van der Waals surface area contributed by atoms with Gasteiger partial charge in [0.25, 0.3) is 0 Å². The molecule has 0 aliphatic carbocycles. The Kier molecular flexibility index (Phi) is 3.00. The normalized spacial score (nSPS) is 21.2. The maximum absolute atomic E-state index is 3.99. The molecule has 0 fully saturated rings. The van der Waals surface area contributed by atoms with Crippen LogP contribution in [-0.2, 0) is 5.54 Å². The Morgan fingerprint density at radius 3 is 2.58 bits per heavy atom. The molecular weight excluding hydrogens is 250 g/mol. The van der Waals surface area contributed by atoms with Crippen molar-refractivity contribution < 1.29 is 0 Å². The van der Waals surface area contributed by atoms with Crippen LogP contribution in [0.5, 0.6) is 0 Å². The van der Waals surface area contributed by atoms with Gasteiger partial charge in [0.05, 0.1) is 5.54 Å². The molecule has 1 heterocycles. The van der Waals surface area contributed by atoms with Crippen LogP contribution in [0.25, 0.3) is 11.1 Å². The van der Waals surface area contributed by atoms with Gasteiger partial charge in [0.2, 0.25) is 0 Å². The van der Waals surface area contributed by atoms with Crippen LogP contribution in [0.2, 0.25) is 0 Å². The fraction of sp³-hybridized carbons (Fsp3) is 0.176. The van der Waals surface area contributed by atoms with Gasteiger partial charge in [0.15, 0.2) is 0 Å². The largest absolute Gasteiger partial charge is 0.246 e. The Balaban J connectivity index is 2.21. The fourth-order valence-electron chi connectivity index (χ4n) is 2.48. The summed E-state index contributed by atoms with van der Waals surface area (Å²) >= 11 is 1.69. The molecule has 2 heteroatoms. The molecule has 0 saturated carbocycles. The van der Waals surface area contributed by atoms with Gasteiger partial charge in [-0.3, -0.25) is 0 Å². The van der Waals surface area contributed by atoms with E-state index in [1.54, 1.807) is 11.9 Å². The van der Waals surface area contributed by atoms with Crippen LogP contribution in [0.4, 0.5) is 0 Å². The highest BCUT2D eigenvalue weighted by Gasteiger charge is 2.34. The Bertz CT molecular complexity index is 630. The Morgan fingerprint density at radius 2 is 1.89 bits per heavy atom. The molecule has 0 saturated heterocycles. The van der Waals surface area contributed by atoms with Crippen LogP contribution in [0, 0.1) is 6.92 Å². The van der Waals surface area contributed by atoms with Gasteiger partial charge in [0, 0.05) is 4.90 Å². The topological polar surface area (TPSA) is 12.0 Å². The molecule has 1 N–H and O–H groups in total. The minimum Gasteiger partial charge on any atom is -0.246 e. The van der Waals surface area contributed by atoms with Crippen molar-refractivity contribution in [3.8, 4) is 11.1 Å². The van der Waals surface area contributed by atoms with Gasteiger partial charge >= 0.3 is 0 Å². The summed E-state index contributed by atoms with van der Waals surface area (Å²) in [5, 5.41) is 0. The molecule has 0 aromatic heterocycles. The number of benzene rings is 2. The van der Waals surface area contributed by atoms with Gasteiger partial charge in [-0.25, -0.2) is 4.72 Å². The van der Waals surface area contributed by atoms with Crippen LogP contribution >= 0.6 is 11.9 Å². The lowest BCUT2D eigenvalue weighted by molar-refractivity contribution is 0.591. The molecule has 1 aliphatic heterocycles. The summed E-state index contributed by atoms with van der Waals surface area (Å²) in [6.07, 6.45) is 1.99. The first-order chi connectivity index (χ1) is 9.14. The van der Waals surface area contributed by atoms with Crippen molar-refractivity contribution in [3.05, 3.63) is 66.2 Å². The van der Waals surface area contributed by atoms with E-state index in [1.807, 2.05) is 6.08 Å². The molecule has 0 radical (unpaired) electrons. The van der Waals surface area contributed by atoms with Crippen molar-refractivity contribution in [2.24, 2.45) is 0 Å². The van der Waals surface area contributed by atoms with Crippen molar-refractivity contribution in [1.29, 1.82) is 0 Å². The minimum atomic E-state index is -0.165. The summed E-state index contributed by atoms with van der Waals surface area (Å²) in [5.41, 5.74) is 5.01. The van der Waals surface area contributed by atoms with E-state index in [2.05, 4.69) is 67.6 Å². The van der Waals surface area contributed by atoms with Crippen LogP contribution < -0.4 is 4.72 Å². The number of nitrogens with one attached hydrogen (secondary N) is 1. The quantitative estimate of drug-likeness (QED) is 0.626. The molecule has 0 amide bonds. The molecule has 0 spiro atoms. The number of hydrogen-bond acceptors (Lipinski definition) is 2. The minimum absolute atomic E-state index is 0.165. The van der Waals surface area contributed by atoms with Crippen molar-refractivity contribution >= 4 is 11.9 Å². The third-order valence-corrected chi connectivity index (χ3v) is 4.78. The highest BCUT2D eigenvalue weighted by Crippen LogP contribution is 2.45. The lowest BCUT2D eigenvalue weighted by Gasteiger charge is -2.23. The van der Waals surface area contributed by atoms with Gasteiger partial charge in [-0.05, 0) is 48.6 Å². The molecule has 1 nitrogen and oxygen atoms in total. The smallest absolute Gasteiger partial charge is 0.0704 e. The van der Waals surface area contributed by atoms with Crippen LogP contribution in [-0.4, -0.2) is 0 Å². The van der Waals surface area contributed by atoms with Gasteiger partial charge in [-0.2, -0.15) is 0 Å². The molecule has 1 aliphatic rings.